The predicted octanol–water partition coefficient (Wildman–Crippen LogP) is 4.26. The fourth-order valence-corrected chi connectivity index (χ4v) is 3.79. The smallest absolute Gasteiger partial charge is 0.291 e. The number of fused-ring (bicyclic) bond motifs is 1. The van der Waals surface area contributed by atoms with Crippen LogP contribution in [0.3, 0.4) is 0 Å². The molecule has 0 spiro atoms. The topological polar surface area (TPSA) is 96.3 Å². The van der Waals surface area contributed by atoms with E-state index >= 15 is 0 Å². The number of nitrogens with zero attached hydrogens (tertiary/aromatic N) is 1. The summed E-state index contributed by atoms with van der Waals surface area (Å²) in [6.07, 6.45) is 1.45. The number of benzene rings is 2. The van der Waals surface area contributed by atoms with Gasteiger partial charge in [-0.2, -0.15) is 0 Å². The molecule has 7 nitrogen and oxygen atoms in total. The van der Waals surface area contributed by atoms with Gasteiger partial charge in [0.05, 0.1) is 16.5 Å². The van der Waals surface area contributed by atoms with E-state index < -0.39 is 6.04 Å². The second-order valence-corrected chi connectivity index (χ2v) is 7.73. The van der Waals surface area contributed by atoms with Gasteiger partial charge in [0.15, 0.2) is 10.9 Å². The van der Waals surface area contributed by atoms with E-state index in [1.807, 2.05) is 36.4 Å². The fraction of sp³-hybridized carbons (Fsp3) is 0.136. The Bertz CT molecular complexity index is 1120. The van der Waals surface area contributed by atoms with Gasteiger partial charge in [-0.25, -0.2) is 4.98 Å². The van der Waals surface area contributed by atoms with E-state index in [1.54, 1.807) is 31.2 Å². The molecule has 0 saturated heterocycles. The molecule has 2 aromatic heterocycles. The summed E-state index contributed by atoms with van der Waals surface area (Å²) in [6.45, 7) is 2.19. The lowest BCUT2D eigenvalue weighted by Gasteiger charge is -2.13. The molecule has 2 heterocycles. The molecule has 4 rings (SSSR count). The zero-order chi connectivity index (χ0) is 20.9. The highest BCUT2D eigenvalue weighted by Gasteiger charge is 2.14. The maximum Gasteiger partial charge on any atom is 0.291 e. The Labute approximate surface area is 177 Å². The quantitative estimate of drug-likeness (QED) is 0.415. The molecule has 0 radical (unpaired) electrons. The molecule has 8 heteroatoms. The summed E-state index contributed by atoms with van der Waals surface area (Å²) < 4.78 is 6.14. The Morgan fingerprint density at radius 2 is 1.87 bits per heavy atom. The fourth-order valence-electron chi connectivity index (χ4n) is 2.83. The molecule has 3 N–H and O–H groups in total. The van der Waals surface area contributed by atoms with Crippen LogP contribution < -0.4 is 16.0 Å². The van der Waals surface area contributed by atoms with Crippen LogP contribution in [0.4, 0.5) is 10.8 Å². The number of nitrogens with one attached hydrogen (secondary N) is 3. The van der Waals surface area contributed by atoms with Crippen LogP contribution in [-0.2, 0) is 11.3 Å². The molecule has 0 saturated carbocycles. The number of hydrogen-bond donors (Lipinski definition) is 3. The van der Waals surface area contributed by atoms with E-state index in [1.165, 1.54) is 17.6 Å². The number of thiazole rings is 1. The van der Waals surface area contributed by atoms with Crippen molar-refractivity contribution in [2.75, 3.05) is 10.6 Å². The standard InChI is InChI=1S/C22H20N4O3S/c1-14(24-22-26-17-5-2-3-7-19(17)30-22)20(27)23-13-15-8-10-16(11-9-15)25-21(28)18-6-4-12-29-18/h2-12,14H,13H2,1H3,(H,23,27)(H,24,26)(H,25,28). The molecule has 0 aliphatic rings. The lowest BCUT2D eigenvalue weighted by atomic mass is 10.2. The van der Waals surface area contributed by atoms with Crippen molar-refractivity contribution >= 4 is 44.2 Å². The van der Waals surface area contributed by atoms with Crippen molar-refractivity contribution in [2.24, 2.45) is 0 Å². The molecule has 1 unspecified atom stereocenters. The van der Waals surface area contributed by atoms with Crippen molar-refractivity contribution in [3.63, 3.8) is 0 Å². The van der Waals surface area contributed by atoms with Crippen molar-refractivity contribution in [2.45, 2.75) is 19.5 Å². The van der Waals surface area contributed by atoms with Gasteiger partial charge in [0.1, 0.15) is 6.04 Å². The highest BCUT2D eigenvalue weighted by atomic mass is 32.1. The third kappa shape index (κ3) is 4.66. The number of anilines is 2. The molecule has 2 aromatic carbocycles. The Balaban J connectivity index is 1.28. The summed E-state index contributed by atoms with van der Waals surface area (Å²) in [4.78, 5) is 28.9. The number of para-hydroxylation sites is 1. The molecule has 0 aliphatic heterocycles. The summed E-state index contributed by atoms with van der Waals surface area (Å²) >= 11 is 1.52. The van der Waals surface area contributed by atoms with Crippen molar-refractivity contribution in [3.05, 3.63) is 78.3 Å². The lowest BCUT2D eigenvalue weighted by Crippen LogP contribution is -2.37. The normalized spacial score (nSPS) is 11.8. The van der Waals surface area contributed by atoms with Gasteiger partial charge in [0, 0.05) is 12.2 Å². The zero-order valence-electron chi connectivity index (χ0n) is 16.2. The summed E-state index contributed by atoms with van der Waals surface area (Å²) in [5, 5.41) is 9.53. The molecule has 152 valence electrons. The van der Waals surface area contributed by atoms with E-state index in [0.717, 1.165) is 20.9 Å². The first-order valence-corrected chi connectivity index (χ1v) is 10.2. The minimum Gasteiger partial charge on any atom is -0.459 e. The monoisotopic (exact) mass is 420 g/mol. The summed E-state index contributed by atoms with van der Waals surface area (Å²) in [5.74, 6) is -0.179. The second-order valence-electron chi connectivity index (χ2n) is 6.70. The predicted molar refractivity (Wildman–Crippen MR) is 118 cm³/mol. The van der Waals surface area contributed by atoms with E-state index in [4.69, 9.17) is 4.42 Å². The molecule has 4 aromatic rings. The first kappa shape index (κ1) is 19.7. The van der Waals surface area contributed by atoms with E-state index in [2.05, 4.69) is 20.9 Å². The SMILES string of the molecule is CC(Nc1nc2ccccc2s1)C(=O)NCc1ccc(NC(=O)c2ccco2)cc1. The number of carbonyl (C=O) groups excluding carboxylic acids is 2. The Morgan fingerprint density at radius 3 is 2.60 bits per heavy atom. The number of aromatic nitrogens is 1. The van der Waals surface area contributed by atoms with Crippen LogP contribution in [0.2, 0.25) is 0 Å². The number of furan rings is 1. The highest BCUT2D eigenvalue weighted by molar-refractivity contribution is 7.22. The second kappa shape index (κ2) is 8.79. The minimum absolute atomic E-state index is 0.121. The summed E-state index contributed by atoms with van der Waals surface area (Å²) in [6, 6.07) is 18.0. The van der Waals surface area contributed by atoms with Gasteiger partial charge >= 0.3 is 0 Å². The van der Waals surface area contributed by atoms with Crippen molar-refractivity contribution in [1.82, 2.24) is 10.3 Å². The molecule has 0 bridgehead atoms. The molecule has 2 amide bonds. The van der Waals surface area contributed by atoms with Gasteiger partial charge in [0.2, 0.25) is 5.91 Å². The number of carbonyl (C=O) groups is 2. The molecule has 0 fully saturated rings. The van der Waals surface area contributed by atoms with Gasteiger partial charge in [-0.1, -0.05) is 35.6 Å². The molecule has 1 atom stereocenters. The average Bonchev–Trinajstić information content (AvgIpc) is 3.42. The van der Waals surface area contributed by atoms with Crippen LogP contribution in [0, 0.1) is 0 Å². The minimum atomic E-state index is -0.419. The van der Waals surface area contributed by atoms with Crippen LogP contribution >= 0.6 is 11.3 Å². The van der Waals surface area contributed by atoms with Crippen LogP contribution in [0.1, 0.15) is 23.0 Å². The largest absolute Gasteiger partial charge is 0.459 e. The van der Waals surface area contributed by atoms with Crippen molar-refractivity contribution in [1.29, 1.82) is 0 Å². The van der Waals surface area contributed by atoms with Gasteiger partial charge in [-0.3, -0.25) is 9.59 Å². The molecular formula is C22H20N4O3S. The van der Waals surface area contributed by atoms with E-state index in [0.29, 0.717) is 12.2 Å². The molecular weight excluding hydrogens is 400 g/mol. The van der Waals surface area contributed by atoms with Crippen LogP contribution in [0.5, 0.6) is 0 Å². The van der Waals surface area contributed by atoms with E-state index in [-0.39, 0.29) is 17.6 Å². The van der Waals surface area contributed by atoms with Gasteiger partial charge in [0.25, 0.3) is 5.91 Å². The van der Waals surface area contributed by atoms with Crippen molar-refractivity contribution < 1.29 is 14.0 Å². The highest BCUT2D eigenvalue weighted by Crippen LogP contribution is 2.25. The number of hydrogen-bond acceptors (Lipinski definition) is 6. The lowest BCUT2D eigenvalue weighted by molar-refractivity contribution is -0.121. The molecule has 0 aliphatic carbocycles. The number of rotatable bonds is 7. The van der Waals surface area contributed by atoms with Crippen molar-refractivity contribution in [3.8, 4) is 0 Å². The van der Waals surface area contributed by atoms with Gasteiger partial charge < -0.3 is 20.4 Å². The first-order valence-electron chi connectivity index (χ1n) is 9.42. The Hall–Kier alpha value is -3.65. The maximum absolute atomic E-state index is 12.4. The van der Waals surface area contributed by atoms with Crippen LogP contribution in [0.25, 0.3) is 10.2 Å². The van der Waals surface area contributed by atoms with Gasteiger partial charge in [-0.15, -0.1) is 0 Å². The Morgan fingerprint density at radius 1 is 1.07 bits per heavy atom. The summed E-state index contributed by atoms with van der Waals surface area (Å²) in [5.41, 5.74) is 2.49. The summed E-state index contributed by atoms with van der Waals surface area (Å²) in [7, 11) is 0. The third-order valence-corrected chi connectivity index (χ3v) is 5.42. The maximum atomic E-state index is 12.4. The van der Waals surface area contributed by atoms with E-state index in [9.17, 15) is 9.59 Å². The first-order chi connectivity index (χ1) is 14.6. The Kier molecular flexibility index (Phi) is 5.76. The van der Waals surface area contributed by atoms with Gasteiger partial charge in [-0.05, 0) is 48.9 Å². The molecule has 30 heavy (non-hydrogen) atoms. The zero-order valence-corrected chi connectivity index (χ0v) is 17.0. The average molecular weight is 420 g/mol. The van der Waals surface area contributed by atoms with Crippen LogP contribution in [0.15, 0.2) is 71.3 Å². The number of amides is 2. The van der Waals surface area contributed by atoms with Crippen LogP contribution in [-0.4, -0.2) is 22.8 Å². The third-order valence-electron chi connectivity index (χ3n) is 4.45.